The standard InChI is InChI=1S/C24H20ClN3OS.ClH/c1-14-7-9-17-20(11-14)30-24-21(17)23(26-13-27-24)28-19-10-8-16(25)12-18(19)22(29)15-5-3-2-4-6-15;/h2-6,8,10,12-14H,7,9,11H2,1H3,(H,26,27,28);1H. The van der Waals surface area contributed by atoms with Gasteiger partial charge in [0.25, 0.3) is 0 Å². The molecule has 1 aliphatic rings. The third-order valence-corrected chi connectivity index (χ3v) is 7.00. The summed E-state index contributed by atoms with van der Waals surface area (Å²) in [6, 6.07) is 14.6. The van der Waals surface area contributed by atoms with E-state index < -0.39 is 0 Å². The second-order valence-corrected chi connectivity index (χ2v) is 9.28. The first-order valence-electron chi connectivity index (χ1n) is 10.0. The summed E-state index contributed by atoms with van der Waals surface area (Å²) in [5, 5.41) is 5.02. The number of aryl methyl sites for hydroxylation is 1. The highest BCUT2D eigenvalue weighted by Crippen LogP contribution is 2.40. The molecule has 0 bridgehead atoms. The van der Waals surface area contributed by atoms with E-state index in [2.05, 4.69) is 22.2 Å². The minimum atomic E-state index is -0.0768. The fourth-order valence-electron chi connectivity index (χ4n) is 4.06. The number of halogens is 2. The summed E-state index contributed by atoms with van der Waals surface area (Å²) in [6.45, 7) is 2.30. The number of anilines is 2. The highest BCUT2D eigenvalue weighted by atomic mass is 35.5. The van der Waals surface area contributed by atoms with Gasteiger partial charge in [0, 0.05) is 21.0 Å². The summed E-state index contributed by atoms with van der Waals surface area (Å²) in [4.78, 5) is 24.6. The Kier molecular flexibility index (Phi) is 6.28. The van der Waals surface area contributed by atoms with Gasteiger partial charge in [-0.05, 0) is 48.9 Å². The summed E-state index contributed by atoms with van der Waals surface area (Å²) in [5.41, 5.74) is 3.19. The van der Waals surface area contributed by atoms with E-state index in [-0.39, 0.29) is 18.2 Å². The molecule has 0 fully saturated rings. The molecular formula is C24H21Cl2N3OS. The lowest BCUT2D eigenvalue weighted by atomic mass is 9.89. The number of hydrogen-bond acceptors (Lipinski definition) is 5. The molecule has 31 heavy (non-hydrogen) atoms. The fourth-order valence-corrected chi connectivity index (χ4v) is 5.58. The third kappa shape index (κ3) is 4.18. The molecule has 1 atom stereocenters. The number of aromatic nitrogens is 2. The molecule has 5 rings (SSSR count). The van der Waals surface area contributed by atoms with Crippen molar-refractivity contribution in [3.8, 4) is 0 Å². The van der Waals surface area contributed by atoms with E-state index in [1.807, 2.05) is 36.4 Å². The zero-order chi connectivity index (χ0) is 20.7. The summed E-state index contributed by atoms with van der Waals surface area (Å²) in [7, 11) is 0. The number of carbonyl (C=O) groups excluding carboxylic acids is 1. The monoisotopic (exact) mass is 469 g/mol. The van der Waals surface area contributed by atoms with Crippen molar-refractivity contribution in [3.05, 3.63) is 81.4 Å². The SMILES string of the molecule is CC1CCc2c(sc3ncnc(Nc4ccc(Cl)cc4C(=O)c4ccccc4)c23)C1.Cl. The number of ketones is 1. The number of fused-ring (bicyclic) bond motifs is 3. The quantitative estimate of drug-likeness (QED) is 0.331. The maximum absolute atomic E-state index is 13.2. The van der Waals surface area contributed by atoms with Gasteiger partial charge in [0.15, 0.2) is 5.78 Å². The highest BCUT2D eigenvalue weighted by Gasteiger charge is 2.24. The molecule has 0 spiro atoms. The molecule has 4 nitrogen and oxygen atoms in total. The second-order valence-electron chi connectivity index (χ2n) is 7.76. The van der Waals surface area contributed by atoms with Crippen molar-refractivity contribution in [3.63, 3.8) is 0 Å². The molecule has 0 amide bonds. The molecule has 0 saturated carbocycles. The van der Waals surface area contributed by atoms with Crippen molar-refractivity contribution in [1.29, 1.82) is 0 Å². The van der Waals surface area contributed by atoms with Crippen molar-refractivity contribution >= 4 is 62.8 Å². The summed E-state index contributed by atoms with van der Waals surface area (Å²) >= 11 is 7.99. The summed E-state index contributed by atoms with van der Waals surface area (Å²) < 4.78 is 0. The Labute approximate surface area is 196 Å². The molecule has 1 aliphatic carbocycles. The molecule has 2 aromatic carbocycles. The molecule has 2 aromatic heterocycles. The first-order chi connectivity index (χ1) is 14.6. The number of benzene rings is 2. The van der Waals surface area contributed by atoms with Crippen LogP contribution in [-0.4, -0.2) is 15.8 Å². The average molecular weight is 470 g/mol. The summed E-state index contributed by atoms with van der Waals surface area (Å²) in [5.74, 6) is 1.37. The Hall–Kier alpha value is -2.47. The Morgan fingerprint density at radius 2 is 1.97 bits per heavy atom. The highest BCUT2D eigenvalue weighted by molar-refractivity contribution is 7.19. The maximum Gasteiger partial charge on any atom is 0.195 e. The van der Waals surface area contributed by atoms with Crippen molar-refractivity contribution in [2.75, 3.05) is 5.32 Å². The van der Waals surface area contributed by atoms with Gasteiger partial charge in [-0.2, -0.15) is 0 Å². The smallest absolute Gasteiger partial charge is 0.195 e. The van der Waals surface area contributed by atoms with Crippen LogP contribution in [0.15, 0.2) is 54.9 Å². The first kappa shape index (κ1) is 21.8. The number of carbonyl (C=O) groups is 1. The minimum absolute atomic E-state index is 0. The zero-order valence-corrected chi connectivity index (χ0v) is 19.3. The van der Waals surface area contributed by atoms with Crippen molar-refractivity contribution < 1.29 is 4.79 Å². The lowest BCUT2D eigenvalue weighted by molar-refractivity contribution is 0.103. The topological polar surface area (TPSA) is 54.9 Å². The number of hydrogen-bond donors (Lipinski definition) is 1. The van der Waals surface area contributed by atoms with E-state index in [0.717, 1.165) is 28.9 Å². The molecule has 7 heteroatoms. The van der Waals surface area contributed by atoms with Crippen molar-refractivity contribution in [1.82, 2.24) is 9.97 Å². The summed E-state index contributed by atoms with van der Waals surface area (Å²) in [6.07, 6.45) is 4.89. The Morgan fingerprint density at radius 3 is 2.77 bits per heavy atom. The van der Waals surface area contributed by atoms with Crippen LogP contribution in [0.5, 0.6) is 0 Å². The number of nitrogens with zero attached hydrogens (tertiary/aromatic N) is 2. The Bertz CT molecular complexity index is 1260. The molecule has 1 unspecified atom stereocenters. The number of thiophene rings is 1. The molecule has 2 heterocycles. The lowest BCUT2D eigenvalue weighted by Gasteiger charge is -2.18. The Morgan fingerprint density at radius 1 is 1.16 bits per heavy atom. The second kappa shape index (κ2) is 8.95. The van der Waals surface area contributed by atoms with E-state index >= 15 is 0 Å². The van der Waals surface area contributed by atoms with Gasteiger partial charge < -0.3 is 5.32 Å². The average Bonchev–Trinajstić information content (AvgIpc) is 3.13. The molecule has 0 aliphatic heterocycles. The van der Waals surface area contributed by atoms with Gasteiger partial charge in [0.05, 0.1) is 11.1 Å². The van der Waals surface area contributed by atoms with Crippen molar-refractivity contribution in [2.45, 2.75) is 26.2 Å². The molecule has 158 valence electrons. The van der Waals surface area contributed by atoms with Crippen LogP contribution in [0.3, 0.4) is 0 Å². The van der Waals surface area contributed by atoms with Gasteiger partial charge in [-0.3, -0.25) is 4.79 Å². The van der Waals surface area contributed by atoms with E-state index in [0.29, 0.717) is 27.8 Å². The van der Waals surface area contributed by atoms with E-state index in [9.17, 15) is 4.79 Å². The van der Waals surface area contributed by atoms with E-state index in [1.54, 1.807) is 29.8 Å². The van der Waals surface area contributed by atoms with Gasteiger partial charge >= 0.3 is 0 Å². The maximum atomic E-state index is 13.2. The van der Waals surface area contributed by atoms with Crippen LogP contribution in [0.25, 0.3) is 10.2 Å². The van der Waals surface area contributed by atoms with Crippen LogP contribution < -0.4 is 5.32 Å². The molecule has 0 radical (unpaired) electrons. The Balaban J connectivity index is 0.00000231. The lowest BCUT2D eigenvalue weighted by Crippen LogP contribution is -2.09. The fraction of sp³-hybridized carbons (Fsp3) is 0.208. The zero-order valence-electron chi connectivity index (χ0n) is 16.9. The van der Waals surface area contributed by atoms with Crippen LogP contribution in [0.2, 0.25) is 5.02 Å². The predicted octanol–water partition coefficient (Wildman–Crippen LogP) is 6.87. The molecule has 4 aromatic rings. The molecule has 1 N–H and O–H groups in total. The van der Waals surface area contributed by atoms with Gasteiger partial charge in [-0.15, -0.1) is 23.7 Å². The van der Waals surface area contributed by atoms with Crippen LogP contribution in [0.4, 0.5) is 11.5 Å². The van der Waals surface area contributed by atoms with E-state index in [4.69, 9.17) is 11.6 Å². The predicted molar refractivity (Wildman–Crippen MR) is 130 cm³/mol. The number of nitrogens with one attached hydrogen (secondary N) is 1. The normalized spacial score (nSPS) is 15.2. The molecule has 0 saturated heterocycles. The van der Waals surface area contributed by atoms with Crippen molar-refractivity contribution in [2.24, 2.45) is 5.92 Å². The van der Waals surface area contributed by atoms with Gasteiger partial charge in [0.2, 0.25) is 0 Å². The van der Waals surface area contributed by atoms with Crippen LogP contribution in [0.1, 0.15) is 39.7 Å². The molecular weight excluding hydrogens is 449 g/mol. The van der Waals surface area contributed by atoms with Gasteiger partial charge in [-0.1, -0.05) is 48.9 Å². The largest absolute Gasteiger partial charge is 0.339 e. The first-order valence-corrected chi connectivity index (χ1v) is 11.2. The van der Waals surface area contributed by atoms with Gasteiger partial charge in [-0.25, -0.2) is 9.97 Å². The van der Waals surface area contributed by atoms with Crippen LogP contribution in [0, 0.1) is 5.92 Å². The minimum Gasteiger partial charge on any atom is -0.339 e. The van der Waals surface area contributed by atoms with E-state index in [1.165, 1.54) is 16.9 Å². The van der Waals surface area contributed by atoms with Crippen LogP contribution in [-0.2, 0) is 12.8 Å². The van der Waals surface area contributed by atoms with Crippen LogP contribution >= 0.6 is 35.3 Å². The number of rotatable bonds is 4. The third-order valence-electron chi connectivity index (χ3n) is 5.61. The van der Waals surface area contributed by atoms with Gasteiger partial charge in [0.1, 0.15) is 17.0 Å².